The first kappa shape index (κ1) is 42.0. The lowest BCUT2D eigenvalue weighted by Gasteiger charge is -2.26. The van der Waals surface area contributed by atoms with Gasteiger partial charge in [0, 0.05) is 67.0 Å². The number of nitrogens with zero attached hydrogens (tertiary/aromatic N) is 6. The second-order valence-electron chi connectivity index (χ2n) is 16.8. The molecule has 326 valence electrons. The number of fused-ring (bicyclic) bond motifs is 6. The summed E-state index contributed by atoms with van der Waals surface area (Å²) in [7, 11) is 0. The van der Waals surface area contributed by atoms with Crippen LogP contribution in [0.5, 0.6) is 0 Å². The molecule has 12 rings (SSSR count). The Balaban J connectivity index is 0.00000520. The van der Waals surface area contributed by atoms with Gasteiger partial charge in [0.15, 0.2) is 5.69 Å². The van der Waals surface area contributed by atoms with Crippen molar-refractivity contribution >= 4 is 83.4 Å². The third-order valence-electron chi connectivity index (χ3n) is 12.9. The summed E-state index contributed by atoms with van der Waals surface area (Å²) in [5.41, 5.74) is 16.2. The molecule has 2 heterocycles. The highest BCUT2D eigenvalue weighted by Gasteiger charge is 2.20. The van der Waals surface area contributed by atoms with Crippen molar-refractivity contribution < 1.29 is 0 Å². The first-order chi connectivity index (χ1) is 33.6. The average Bonchev–Trinajstić information content (AvgIpc) is 3.92. The van der Waals surface area contributed by atoms with Crippen molar-refractivity contribution in [1.29, 1.82) is 5.26 Å². The van der Waals surface area contributed by atoms with Crippen LogP contribution in [0.1, 0.15) is 13.0 Å². The van der Waals surface area contributed by atoms with Crippen molar-refractivity contribution in [1.82, 2.24) is 9.13 Å². The Morgan fingerprint density at radius 1 is 0.362 bits per heavy atom. The maximum atomic E-state index is 9.67. The third kappa shape index (κ3) is 7.40. The Kier molecular flexibility index (Phi) is 10.7. The van der Waals surface area contributed by atoms with Crippen LogP contribution in [-0.2, 0) is 0 Å². The highest BCUT2D eigenvalue weighted by Crippen LogP contribution is 2.43. The summed E-state index contributed by atoms with van der Waals surface area (Å²) in [5, 5.41) is 14.4. The van der Waals surface area contributed by atoms with Crippen LogP contribution in [0.3, 0.4) is 0 Å². The van der Waals surface area contributed by atoms with Crippen molar-refractivity contribution in [3.05, 3.63) is 260 Å². The van der Waals surface area contributed by atoms with Crippen molar-refractivity contribution in [3.63, 3.8) is 0 Å². The van der Waals surface area contributed by atoms with Crippen molar-refractivity contribution in [3.8, 4) is 28.6 Å². The standard InChI is InChI=1S/C62H40N6.CH4/c1-64-46-26-34-52(35-27-46)66(54-37-39-62-58(41-54)56-17-9-11-19-60(56)68(62)48-14-6-3-7-15-48)51-32-24-45(25-33-51)44-22-30-50(31-23-44)65(49-28-20-43(42-63)21-29-49)53-36-38-61-57(40-53)55-16-8-10-18-59(55)67(61)47-12-4-2-5-13-47;/h2-41H;1H4. The summed E-state index contributed by atoms with van der Waals surface area (Å²) in [5.74, 6) is 0. The van der Waals surface area contributed by atoms with Gasteiger partial charge in [0.1, 0.15) is 0 Å². The van der Waals surface area contributed by atoms with Gasteiger partial charge in [-0.25, -0.2) is 4.85 Å². The van der Waals surface area contributed by atoms with Gasteiger partial charge in [-0.2, -0.15) is 5.26 Å². The van der Waals surface area contributed by atoms with E-state index in [0.29, 0.717) is 11.3 Å². The van der Waals surface area contributed by atoms with E-state index in [-0.39, 0.29) is 7.43 Å². The van der Waals surface area contributed by atoms with Crippen LogP contribution in [0.2, 0.25) is 0 Å². The molecule has 6 nitrogen and oxygen atoms in total. The van der Waals surface area contributed by atoms with E-state index in [1.165, 1.54) is 10.8 Å². The average molecular weight is 885 g/mol. The lowest BCUT2D eigenvalue weighted by Crippen LogP contribution is -2.10. The van der Waals surface area contributed by atoms with Gasteiger partial charge < -0.3 is 18.9 Å². The fraction of sp³-hybridized carbons (Fsp3) is 0.0159. The predicted octanol–water partition coefficient (Wildman–Crippen LogP) is 17.5. The minimum Gasteiger partial charge on any atom is -0.311 e. The molecule has 69 heavy (non-hydrogen) atoms. The largest absolute Gasteiger partial charge is 0.311 e. The summed E-state index contributed by atoms with van der Waals surface area (Å²) in [4.78, 5) is 8.19. The number of hydrogen-bond donors (Lipinski definition) is 0. The zero-order valence-corrected chi connectivity index (χ0v) is 36.8. The number of aromatic nitrogens is 2. The second-order valence-corrected chi connectivity index (χ2v) is 16.8. The first-order valence-corrected chi connectivity index (χ1v) is 22.6. The van der Waals surface area contributed by atoms with E-state index in [4.69, 9.17) is 6.57 Å². The molecule has 10 aromatic carbocycles. The first-order valence-electron chi connectivity index (χ1n) is 22.6. The molecule has 0 aliphatic carbocycles. The van der Waals surface area contributed by atoms with Crippen LogP contribution in [0.15, 0.2) is 243 Å². The van der Waals surface area contributed by atoms with E-state index in [2.05, 4.69) is 218 Å². The van der Waals surface area contributed by atoms with E-state index in [9.17, 15) is 5.26 Å². The van der Waals surface area contributed by atoms with Crippen LogP contribution >= 0.6 is 0 Å². The number of benzene rings is 10. The molecule has 0 radical (unpaired) electrons. The summed E-state index contributed by atoms with van der Waals surface area (Å²) in [6, 6.07) is 86.8. The molecule has 0 N–H and O–H groups in total. The lowest BCUT2D eigenvalue weighted by molar-refractivity contribution is 1.18. The van der Waals surface area contributed by atoms with Gasteiger partial charge in [-0.05, 0) is 145 Å². The van der Waals surface area contributed by atoms with Crippen molar-refractivity contribution in [2.45, 2.75) is 7.43 Å². The fourth-order valence-electron chi connectivity index (χ4n) is 9.77. The van der Waals surface area contributed by atoms with Crippen LogP contribution in [0, 0.1) is 17.9 Å². The van der Waals surface area contributed by atoms with E-state index >= 15 is 0 Å². The topological polar surface area (TPSA) is 44.5 Å². The summed E-state index contributed by atoms with van der Waals surface area (Å²) in [6.07, 6.45) is 0. The molecule has 12 aromatic rings. The highest BCUT2D eigenvalue weighted by molar-refractivity contribution is 6.12. The molecule has 2 aromatic heterocycles. The number of rotatable bonds is 9. The Labute approximate surface area is 401 Å². The summed E-state index contributed by atoms with van der Waals surface area (Å²) in [6.45, 7) is 7.61. The van der Waals surface area contributed by atoms with E-state index in [1.807, 2.05) is 54.6 Å². The zero-order valence-electron chi connectivity index (χ0n) is 36.8. The van der Waals surface area contributed by atoms with E-state index in [1.54, 1.807) is 0 Å². The number of para-hydroxylation sites is 4. The number of hydrogen-bond acceptors (Lipinski definition) is 3. The predicted molar refractivity (Wildman–Crippen MR) is 288 cm³/mol. The minimum atomic E-state index is 0. The highest BCUT2D eigenvalue weighted by atomic mass is 15.1. The van der Waals surface area contributed by atoms with Gasteiger partial charge in [0.05, 0.1) is 40.3 Å². The maximum Gasteiger partial charge on any atom is 0.187 e. The molecule has 0 aliphatic rings. The molecule has 0 unspecified atom stereocenters. The van der Waals surface area contributed by atoms with Crippen molar-refractivity contribution in [2.75, 3.05) is 9.80 Å². The molecule has 0 aliphatic heterocycles. The molecule has 0 atom stereocenters. The minimum absolute atomic E-state index is 0. The number of nitriles is 1. The zero-order chi connectivity index (χ0) is 45.6. The van der Waals surface area contributed by atoms with Gasteiger partial charge >= 0.3 is 0 Å². The molecule has 0 bridgehead atoms. The van der Waals surface area contributed by atoms with Crippen molar-refractivity contribution in [2.24, 2.45) is 0 Å². The molecule has 0 fully saturated rings. The van der Waals surface area contributed by atoms with Gasteiger partial charge in [0.25, 0.3) is 0 Å². The molecular weight excluding hydrogens is 841 g/mol. The Hall–Kier alpha value is -9.62. The Bertz CT molecular complexity index is 3630. The normalized spacial score (nSPS) is 11.0. The second kappa shape index (κ2) is 17.6. The SMILES string of the molecule is C.[C-]#[N+]c1ccc(N(c2ccc(-c3ccc(N(c4ccc(C#N)cc4)c4ccc5c(c4)c4ccccc4n5-c4ccccc4)cc3)cc2)c2ccc3c(c2)c2ccccc2n3-c2ccccc2)cc1. The molecule has 0 saturated carbocycles. The summed E-state index contributed by atoms with van der Waals surface area (Å²) < 4.78 is 4.66. The molecule has 0 saturated heterocycles. The van der Waals surface area contributed by atoms with Gasteiger partial charge in [-0.1, -0.05) is 117 Å². The lowest BCUT2D eigenvalue weighted by atomic mass is 10.0. The quantitative estimate of drug-likeness (QED) is 0.136. The number of anilines is 6. The van der Waals surface area contributed by atoms with Crippen LogP contribution < -0.4 is 9.80 Å². The maximum absolute atomic E-state index is 9.67. The fourth-order valence-corrected chi connectivity index (χ4v) is 9.77. The monoisotopic (exact) mass is 884 g/mol. The van der Waals surface area contributed by atoms with Crippen LogP contribution in [-0.4, -0.2) is 9.13 Å². The molecular formula is C63H44N6. The molecule has 0 spiro atoms. The Morgan fingerprint density at radius 2 is 0.710 bits per heavy atom. The van der Waals surface area contributed by atoms with Gasteiger partial charge in [0.2, 0.25) is 0 Å². The smallest absolute Gasteiger partial charge is 0.187 e. The molecule has 6 heteroatoms. The van der Waals surface area contributed by atoms with E-state index in [0.717, 1.165) is 89.5 Å². The third-order valence-corrected chi connectivity index (χ3v) is 12.9. The molecule has 0 amide bonds. The van der Waals surface area contributed by atoms with Crippen LogP contribution in [0.4, 0.5) is 39.8 Å². The van der Waals surface area contributed by atoms with Gasteiger partial charge in [-0.3, -0.25) is 0 Å². The van der Waals surface area contributed by atoms with Gasteiger partial charge in [-0.15, -0.1) is 0 Å². The summed E-state index contributed by atoms with van der Waals surface area (Å²) >= 11 is 0. The van der Waals surface area contributed by atoms with Crippen LogP contribution in [0.25, 0.3) is 71.0 Å². The van der Waals surface area contributed by atoms with E-state index < -0.39 is 0 Å². The Morgan fingerprint density at radius 3 is 1.12 bits per heavy atom.